The van der Waals surface area contributed by atoms with E-state index >= 15 is 0 Å². The smallest absolute Gasteiger partial charge is 0.321 e. The first kappa shape index (κ1) is 14.5. The van der Waals surface area contributed by atoms with E-state index in [9.17, 15) is 4.79 Å². The van der Waals surface area contributed by atoms with Crippen LogP contribution in [-0.4, -0.2) is 35.6 Å². The zero-order valence-electron chi connectivity index (χ0n) is 12.1. The average molecular weight is 309 g/mol. The van der Waals surface area contributed by atoms with Gasteiger partial charge in [-0.1, -0.05) is 0 Å². The van der Waals surface area contributed by atoms with Crippen LogP contribution in [0, 0.1) is 0 Å². The van der Waals surface area contributed by atoms with Crippen LogP contribution in [0.25, 0.3) is 0 Å². The zero-order valence-corrected chi connectivity index (χ0v) is 12.9. The second kappa shape index (κ2) is 5.77. The third-order valence-electron chi connectivity index (χ3n) is 3.69. The van der Waals surface area contributed by atoms with E-state index in [2.05, 4.69) is 5.32 Å². The number of ether oxygens (including phenoxy) is 2. The lowest BCUT2D eigenvalue weighted by atomic mass is 10.1. The molecule has 0 spiro atoms. The minimum atomic E-state index is -0.811. The molecule has 0 saturated carbocycles. The summed E-state index contributed by atoms with van der Waals surface area (Å²) < 4.78 is 11.6. The third kappa shape index (κ3) is 2.82. The van der Waals surface area contributed by atoms with Crippen LogP contribution in [0.4, 0.5) is 0 Å². The van der Waals surface area contributed by atoms with Gasteiger partial charge in [0.2, 0.25) is 0 Å². The summed E-state index contributed by atoms with van der Waals surface area (Å²) >= 11 is 1.59. The van der Waals surface area contributed by atoms with Crippen molar-refractivity contribution in [3.05, 3.63) is 23.3 Å². The molecular formula is C15H19NO4S. The second-order valence-corrected chi connectivity index (χ2v) is 6.47. The molecule has 2 aliphatic rings. The van der Waals surface area contributed by atoms with Crippen molar-refractivity contribution in [1.82, 2.24) is 5.32 Å². The van der Waals surface area contributed by atoms with Crippen molar-refractivity contribution in [2.75, 3.05) is 12.4 Å². The van der Waals surface area contributed by atoms with Gasteiger partial charge in [-0.2, -0.15) is 0 Å². The minimum Gasteiger partial charge on any atom is -0.493 e. The van der Waals surface area contributed by atoms with E-state index in [1.807, 2.05) is 26.0 Å². The maximum absolute atomic E-state index is 11.1. The molecule has 21 heavy (non-hydrogen) atoms. The van der Waals surface area contributed by atoms with E-state index in [4.69, 9.17) is 14.6 Å². The highest BCUT2D eigenvalue weighted by molar-refractivity contribution is 7.99. The third-order valence-corrected chi connectivity index (χ3v) is 4.94. The Bertz CT molecular complexity index is 563. The Balaban J connectivity index is 1.90. The van der Waals surface area contributed by atoms with Gasteiger partial charge in [0.15, 0.2) is 0 Å². The monoisotopic (exact) mass is 309 g/mol. The predicted molar refractivity (Wildman–Crippen MR) is 81.2 cm³/mol. The first-order valence-electron chi connectivity index (χ1n) is 7.15. The van der Waals surface area contributed by atoms with Gasteiger partial charge in [0.05, 0.1) is 12.0 Å². The number of hydrogen-bond donors (Lipinski definition) is 2. The molecule has 2 aliphatic heterocycles. The number of hydrogen-bond acceptors (Lipinski definition) is 5. The molecule has 1 saturated heterocycles. The fourth-order valence-electron chi connectivity index (χ4n) is 2.73. The van der Waals surface area contributed by atoms with Gasteiger partial charge < -0.3 is 14.6 Å². The molecule has 1 aromatic rings. The lowest BCUT2D eigenvalue weighted by Gasteiger charge is -2.17. The van der Waals surface area contributed by atoms with Crippen LogP contribution in [0.3, 0.4) is 0 Å². The van der Waals surface area contributed by atoms with Crippen molar-refractivity contribution in [2.24, 2.45) is 0 Å². The van der Waals surface area contributed by atoms with E-state index in [0.717, 1.165) is 29.0 Å². The highest BCUT2D eigenvalue weighted by atomic mass is 32.2. The Morgan fingerprint density at radius 3 is 3.05 bits per heavy atom. The van der Waals surface area contributed by atoms with Crippen LogP contribution in [0.1, 0.15) is 30.3 Å². The van der Waals surface area contributed by atoms with Gasteiger partial charge in [-0.3, -0.25) is 10.1 Å². The Hall–Kier alpha value is -1.40. The standard InChI is InChI=1S/C15H19NO4S/c1-3-19-13-5-9-4-8(2)20-12(9)6-10(13)14-16-11(7-21-14)15(17)18/h5-6,8,11,14,16H,3-4,7H2,1-2H3,(H,17,18)/t8?,11-,14?/m0/s1. The number of benzene rings is 1. The number of fused-ring (bicyclic) bond motifs is 1. The normalized spacial score (nSPS) is 27.2. The van der Waals surface area contributed by atoms with E-state index in [1.54, 1.807) is 11.8 Å². The molecule has 0 amide bonds. The largest absolute Gasteiger partial charge is 0.493 e. The molecule has 0 aliphatic carbocycles. The highest BCUT2D eigenvalue weighted by Crippen LogP contribution is 2.43. The maximum atomic E-state index is 11.1. The Morgan fingerprint density at radius 1 is 1.57 bits per heavy atom. The van der Waals surface area contributed by atoms with Crippen LogP contribution < -0.4 is 14.8 Å². The molecule has 5 nitrogen and oxygen atoms in total. The molecule has 0 radical (unpaired) electrons. The summed E-state index contributed by atoms with van der Waals surface area (Å²) in [6.45, 7) is 4.58. The van der Waals surface area contributed by atoms with Crippen LogP contribution in [0.15, 0.2) is 12.1 Å². The average Bonchev–Trinajstić information content (AvgIpc) is 3.03. The van der Waals surface area contributed by atoms with Gasteiger partial charge >= 0.3 is 5.97 Å². The number of thioether (sulfide) groups is 1. The van der Waals surface area contributed by atoms with Gasteiger partial charge in [-0.15, -0.1) is 11.8 Å². The molecule has 0 bridgehead atoms. The van der Waals surface area contributed by atoms with E-state index in [1.165, 1.54) is 0 Å². The molecule has 2 heterocycles. The van der Waals surface area contributed by atoms with Gasteiger partial charge in [0.1, 0.15) is 23.6 Å². The Morgan fingerprint density at radius 2 is 2.38 bits per heavy atom. The quantitative estimate of drug-likeness (QED) is 0.889. The molecule has 2 N–H and O–H groups in total. The molecule has 0 aromatic heterocycles. The predicted octanol–water partition coefficient (Wildman–Crippen LogP) is 2.20. The summed E-state index contributed by atoms with van der Waals surface area (Å²) in [5.41, 5.74) is 2.13. The van der Waals surface area contributed by atoms with E-state index < -0.39 is 12.0 Å². The first-order valence-corrected chi connectivity index (χ1v) is 8.20. The van der Waals surface area contributed by atoms with Crippen molar-refractivity contribution >= 4 is 17.7 Å². The number of aliphatic carboxylic acids is 1. The molecule has 1 fully saturated rings. The van der Waals surface area contributed by atoms with Crippen LogP contribution >= 0.6 is 11.8 Å². The van der Waals surface area contributed by atoms with Crippen molar-refractivity contribution < 1.29 is 19.4 Å². The lowest BCUT2D eigenvalue weighted by Crippen LogP contribution is -2.33. The fourth-order valence-corrected chi connectivity index (χ4v) is 3.98. The summed E-state index contributed by atoms with van der Waals surface area (Å²) in [5.74, 6) is 1.46. The van der Waals surface area contributed by atoms with E-state index in [0.29, 0.717) is 12.4 Å². The zero-order chi connectivity index (χ0) is 15.0. The van der Waals surface area contributed by atoms with Gasteiger partial charge in [-0.05, 0) is 26.0 Å². The van der Waals surface area contributed by atoms with Gasteiger partial charge in [-0.25, -0.2) is 0 Å². The minimum absolute atomic E-state index is 0.0718. The Labute approximate surface area is 128 Å². The molecular weight excluding hydrogens is 290 g/mol. The van der Waals surface area contributed by atoms with Crippen LogP contribution in [0.5, 0.6) is 11.5 Å². The molecule has 2 unspecified atom stereocenters. The fraction of sp³-hybridized carbons (Fsp3) is 0.533. The summed E-state index contributed by atoms with van der Waals surface area (Å²) in [4.78, 5) is 11.1. The number of rotatable bonds is 4. The molecule has 3 rings (SSSR count). The summed E-state index contributed by atoms with van der Waals surface area (Å²) in [5, 5.41) is 12.2. The Kier molecular flexibility index (Phi) is 3.99. The summed E-state index contributed by atoms with van der Waals surface area (Å²) in [6.07, 6.45) is 1.07. The molecule has 3 atom stereocenters. The summed E-state index contributed by atoms with van der Waals surface area (Å²) in [6, 6.07) is 3.52. The number of carboxylic acids is 1. The molecule has 6 heteroatoms. The molecule has 1 aromatic carbocycles. The van der Waals surface area contributed by atoms with Crippen molar-refractivity contribution in [2.45, 2.75) is 37.8 Å². The van der Waals surface area contributed by atoms with Gasteiger partial charge in [0, 0.05) is 23.3 Å². The van der Waals surface area contributed by atoms with Crippen molar-refractivity contribution in [3.63, 3.8) is 0 Å². The topological polar surface area (TPSA) is 67.8 Å². The number of nitrogens with one attached hydrogen (secondary N) is 1. The summed E-state index contributed by atoms with van der Waals surface area (Å²) in [7, 11) is 0. The lowest BCUT2D eigenvalue weighted by molar-refractivity contribution is -0.138. The van der Waals surface area contributed by atoms with E-state index in [-0.39, 0.29) is 11.5 Å². The maximum Gasteiger partial charge on any atom is 0.321 e. The number of carboxylic acid groups (broad SMARTS) is 1. The van der Waals surface area contributed by atoms with Crippen molar-refractivity contribution in [3.8, 4) is 11.5 Å². The first-order chi connectivity index (χ1) is 10.1. The second-order valence-electron chi connectivity index (χ2n) is 5.33. The van der Waals surface area contributed by atoms with Crippen LogP contribution in [0.2, 0.25) is 0 Å². The number of carbonyl (C=O) groups is 1. The molecule has 114 valence electrons. The highest BCUT2D eigenvalue weighted by Gasteiger charge is 2.33. The van der Waals surface area contributed by atoms with Crippen molar-refractivity contribution in [1.29, 1.82) is 0 Å². The SMILES string of the molecule is CCOc1cc2c(cc1C1N[C@H](C(=O)O)CS1)OC(C)C2. The van der Waals surface area contributed by atoms with Gasteiger partial charge in [0.25, 0.3) is 0 Å². The van der Waals surface area contributed by atoms with Crippen LogP contribution in [-0.2, 0) is 11.2 Å².